The number of hydrogen-bond donors (Lipinski definition) is 2. The van der Waals surface area contributed by atoms with Crippen LogP contribution in [0.2, 0.25) is 0 Å². The van der Waals surface area contributed by atoms with E-state index in [1.165, 1.54) is 10.9 Å². The lowest BCUT2D eigenvalue weighted by Crippen LogP contribution is -2.00. The Morgan fingerprint density at radius 3 is 2.14 bits per heavy atom. The molecule has 0 unspecified atom stereocenters. The number of nitrogen functional groups attached to an aromatic ring is 2. The Balaban J connectivity index is 0.00000161. The number of benzene rings is 2. The molecule has 0 bridgehead atoms. The Hall–Kier alpha value is -2.00. The van der Waals surface area contributed by atoms with Gasteiger partial charge in [0.1, 0.15) is 0 Å². The zero-order chi connectivity index (χ0) is 14.6. The van der Waals surface area contributed by atoms with E-state index in [1.54, 1.807) is 0 Å². The number of fused-ring (bicyclic) bond motifs is 2. The van der Waals surface area contributed by atoms with Crippen molar-refractivity contribution in [1.82, 2.24) is 4.98 Å². The highest BCUT2D eigenvalue weighted by atomic mass is 35.5. The van der Waals surface area contributed by atoms with E-state index >= 15 is 0 Å². The Labute approximate surface area is 130 Å². The Bertz CT molecular complexity index is 869. The van der Waals surface area contributed by atoms with Gasteiger partial charge in [-0.2, -0.15) is 0 Å². The molecule has 4 heteroatoms. The van der Waals surface area contributed by atoms with Crippen LogP contribution in [0.3, 0.4) is 0 Å². The molecule has 0 amide bonds. The highest BCUT2D eigenvalue weighted by Gasteiger charge is 2.13. The average Bonchev–Trinajstić information content (AvgIpc) is 2.45. The monoisotopic (exact) mass is 301 g/mol. The maximum absolute atomic E-state index is 6.20. The first-order chi connectivity index (χ1) is 9.41. The van der Waals surface area contributed by atoms with E-state index in [2.05, 4.69) is 19.9 Å². The summed E-state index contributed by atoms with van der Waals surface area (Å²) in [5, 5.41) is 2.29. The molecule has 3 nitrogen and oxygen atoms in total. The van der Waals surface area contributed by atoms with Crippen LogP contribution >= 0.6 is 12.4 Å². The molecule has 1 heterocycles. The van der Waals surface area contributed by atoms with Crippen molar-refractivity contribution in [3.63, 3.8) is 0 Å². The summed E-state index contributed by atoms with van der Waals surface area (Å²) >= 11 is 0. The molecule has 21 heavy (non-hydrogen) atoms. The second-order valence-corrected chi connectivity index (χ2v) is 5.52. The molecule has 0 spiro atoms. The van der Waals surface area contributed by atoms with E-state index in [4.69, 9.17) is 16.5 Å². The highest BCUT2D eigenvalue weighted by Crippen LogP contribution is 2.33. The maximum Gasteiger partial charge on any atom is 0.0762 e. The number of nitrogens with two attached hydrogens (primary N) is 2. The first kappa shape index (κ1) is 15.4. The number of halogens is 1. The molecule has 0 aliphatic rings. The zero-order valence-electron chi connectivity index (χ0n) is 12.7. The molecule has 0 aliphatic carbocycles. The van der Waals surface area contributed by atoms with Gasteiger partial charge >= 0.3 is 0 Å². The Kier molecular flexibility index (Phi) is 3.72. The Morgan fingerprint density at radius 1 is 0.810 bits per heavy atom. The Morgan fingerprint density at radius 2 is 1.48 bits per heavy atom. The van der Waals surface area contributed by atoms with Gasteiger partial charge in [-0.15, -0.1) is 12.4 Å². The first-order valence-corrected chi connectivity index (χ1v) is 6.76. The van der Waals surface area contributed by atoms with Gasteiger partial charge in [0.05, 0.1) is 11.0 Å². The summed E-state index contributed by atoms with van der Waals surface area (Å²) in [5.41, 5.74) is 20.2. The summed E-state index contributed by atoms with van der Waals surface area (Å²) in [4.78, 5) is 4.84. The van der Waals surface area contributed by atoms with Crippen LogP contribution in [0.4, 0.5) is 11.4 Å². The van der Waals surface area contributed by atoms with Crippen LogP contribution in [0, 0.1) is 27.7 Å². The zero-order valence-corrected chi connectivity index (χ0v) is 13.6. The molecular weight excluding hydrogens is 282 g/mol. The quantitative estimate of drug-likeness (QED) is 0.483. The van der Waals surface area contributed by atoms with Crippen molar-refractivity contribution in [2.75, 3.05) is 11.5 Å². The van der Waals surface area contributed by atoms with Crippen molar-refractivity contribution in [2.45, 2.75) is 27.7 Å². The van der Waals surface area contributed by atoms with E-state index in [0.717, 1.165) is 44.5 Å². The second kappa shape index (κ2) is 5.08. The van der Waals surface area contributed by atoms with Crippen LogP contribution in [0.25, 0.3) is 21.8 Å². The lowest BCUT2D eigenvalue weighted by Gasteiger charge is -2.15. The van der Waals surface area contributed by atoms with E-state index in [1.807, 2.05) is 26.0 Å². The van der Waals surface area contributed by atoms with Crippen molar-refractivity contribution < 1.29 is 0 Å². The normalized spacial score (nSPS) is 10.9. The van der Waals surface area contributed by atoms with E-state index < -0.39 is 0 Å². The van der Waals surface area contributed by atoms with E-state index in [9.17, 15) is 0 Å². The predicted octanol–water partition coefficient (Wildman–Crippen LogP) is 4.21. The van der Waals surface area contributed by atoms with Gasteiger partial charge < -0.3 is 11.5 Å². The molecule has 110 valence electrons. The molecule has 1 aromatic heterocycles. The lowest BCUT2D eigenvalue weighted by atomic mass is 9.96. The van der Waals surface area contributed by atoms with Crippen LogP contribution in [0.1, 0.15) is 22.3 Å². The highest BCUT2D eigenvalue weighted by molar-refractivity contribution is 6.00. The van der Waals surface area contributed by atoms with Crippen LogP contribution in [-0.4, -0.2) is 4.98 Å². The van der Waals surface area contributed by atoms with E-state index in [0.29, 0.717) is 0 Å². The molecule has 3 aromatic rings. The fourth-order valence-electron chi connectivity index (χ4n) is 2.78. The summed E-state index contributed by atoms with van der Waals surface area (Å²) in [6.07, 6.45) is 0. The van der Waals surface area contributed by atoms with Crippen LogP contribution in [-0.2, 0) is 0 Å². The van der Waals surface area contributed by atoms with Gasteiger partial charge in [-0.1, -0.05) is 6.07 Å². The van der Waals surface area contributed by atoms with Gasteiger partial charge in [-0.25, -0.2) is 4.98 Å². The van der Waals surface area contributed by atoms with Crippen molar-refractivity contribution in [3.8, 4) is 0 Å². The van der Waals surface area contributed by atoms with Gasteiger partial charge in [0.25, 0.3) is 0 Å². The summed E-state index contributed by atoms with van der Waals surface area (Å²) in [7, 11) is 0. The third kappa shape index (κ3) is 2.09. The summed E-state index contributed by atoms with van der Waals surface area (Å²) in [6.45, 7) is 8.21. The van der Waals surface area contributed by atoms with Crippen molar-refractivity contribution >= 4 is 45.6 Å². The number of rotatable bonds is 0. The third-order valence-corrected chi connectivity index (χ3v) is 4.41. The average molecular weight is 302 g/mol. The van der Waals surface area contributed by atoms with Gasteiger partial charge in [0, 0.05) is 22.1 Å². The minimum atomic E-state index is 0. The summed E-state index contributed by atoms with van der Waals surface area (Å²) in [5.74, 6) is 0. The topological polar surface area (TPSA) is 64.9 Å². The molecule has 0 saturated heterocycles. The van der Waals surface area contributed by atoms with Crippen LogP contribution in [0.5, 0.6) is 0 Å². The van der Waals surface area contributed by atoms with Crippen molar-refractivity contribution in [3.05, 3.63) is 40.5 Å². The number of anilines is 2. The standard InChI is InChI=1S/C17H19N3.ClH/c1-8-9(2)15(19)11(4)17-13(8)7-12-5-6-14(18)10(3)16(12)20-17;/h5-7H,18-19H2,1-4H3;1H. The predicted molar refractivity (Wildman–Crippen MR) is 94.3 cm³/mol. The SMILES string of the molecule is Cc1c(N)c(C)c2nc3c(C)c(N)ccc3cc2c1C.Cl. The largest absolute Gasteiger partial charge is 0.398 e. The molecule has 0 atom stereocenters. The second-order valence-electron chi connectivity index (χ2n) is 5.52. The molecule has 3 rings (SSSR count). The van der Waals surface area contributed by atoms with Gasteiger partial charge in [0.2, 0.25) is 0 Å². The fraction of sp³-hybridized carbons (Fsp3) is 0.235. The molecule has 0 saturated carbocycles. The number of aryl methyl sites for hydroxylation is 3. The molecule has 2 aromatic carbocycles. The molecule has 4 N–H and O–H groups in total. The van der Waals surface area contributed by atoms with Crippen molar-refractivity contribution in [2.24, 2.45) is 0 Å². The number of pyridine rings is 1. The van der Waals surface area contributed by atoms with Crippen LogP contribution < -0.4 is 11.5 Å². The lowest BCUT2D eigenvalue weighted by molar-refractivity contribution is 1.32. The van der Waals surface area contributed by atoms with Gasteiger partial charge in [-0.05, 0) is 62.1 Å². The minimum absolute atomic E-state index is 0. The minimum Gasteiger partial charge on any atom is -0.398 e. The number of aromatic nitrogens is 1. The molecular formula is C17H20ClN3. The molecule has 0 fully saturated rings. The van der Waals surface area contributed by atoms with Crippen LogP contribution in [0.15, 0.2) is 18.2 Å². The third-order valence-electron chi connectivity index (χ3n) is 4.41. The number of hydrogen-bond acceptors (Lipinski definition) is 3. The summed E-state index contributed by atoms with van der Waals surface area (Å²) < 4.78 is 0. The summed E-state index contributed by atoms with van der Waals surface area (Å²) in [6, 6.07) is 6.17. The molecule has 0 aliphatic heterocycles. The maximum atomic E-state index is 6.20. The number of nitrogens with zero attached hydrogens (tertiary/aromatic N) is 1. The first-order valence-electron chi connectivity index (χ1n) is 6.76. The molecule has 0 radical (unpaired) electrons. The van der Waals surface area contributed by atoms with Crippen molar-refractivity contribution in [1.29, 1.82) is 0 Å². The smallest absolute Gasteiger partial charge is 0.0762 e. The van der Waals surface area contributed by atoms with Gasteiger partial charge in [0.15, 0.2) is 0 Å². The van der Waals surface area contributed by atoms with Gasteiger partial charge in [-0.3, -0.25) is 0 Å². The fourth-order valence-corrected chi connectivity index (χ4v) is 2.78. The van der Waals surface area contributed by atoms with E-state index in [-0.39, 0.29) is 12.4 Å².